The number of allylic oxidation sites excluding steroid dienone is 2. The molecule has 0 saturated carbocycles. The molecule has 0 unspecified atom stereocenters. The molecule has 1 aliphatic carbocycles. The van der Waals surface area contributed by atoms with Crippen LogP contribution in [0.1, 0.15) is 32.1 Å². The molecule has 6 heteroatoms. The predicted octanol–water partition coefficient (Wildman–Crippen LogP) is 2.31. The highest BCUT2D eigenvalue weighted by molar-refractivity contribution is 7.89. The number of hydrogen-bond acceptors (Lipinski definition) is 3. The molecule has 5 nitrogen and oxygen atoms in total. The highest BCUT2D eigenvalue weighted by Gasteiger charge is 2.28. The van der Waals surface area contributed by atoms with Gasteiger partial charge in [-0.25, -0.2) is 13.1 Å². The van der Waals surface area contributed by atoms with E-state index in [1.807, 2.05) is 4.90 Å². The molecule has 0 spiro atoms. The van der Waals surface area contributed by atoms with Crippen LogP contribution >= 0.6 is 0 Å². The van der Waals surface area contributed by atoms with Crippen LogP contribution in [-0.4, -0.2) is 38.4 Å². The van der Waals surface area contributed by atoms with E-state index in [9.17, 15) is 13.2 Å². The van der Waals surface area contributed by atoms with E-state index in [1.54, 1.807) is 30.3 Å². The van der Waals surface area contributed by atoms with Crippen LogP contribution in [0.4, 0.5) is 0 Å². The van der Waals surface area contributed by atoms with Crippen molar-refractivity contribution in [2.45, 2.75) is 43.0 Å². The van der Waals surface area contributed by atoms with Crippen LogP contribution < -0.4 is 4.72 Å². The Hall–Kier alpha value is -1.66. The van der Waals surface area contributed by atoms with E-state index >= 15 is 0 Å². The summed E-state index contributed by atoms with van der Waals surface area (Å²) in [4.78, 5) is 14.5. The number of carbonyl (C=O) groups excluding carboxylic acids is 1. The number of nitrogens with one attached hydrogen (secondary N) is 1. The van der Waals surface area contributed by atoms with Gasteiger partial charge in [-0.3, -0.25) is 4.79 Å². The standard InChI is InChI=1S/C18H24N2O3S/c21-18(13-15-7-4-5-8-15)20-12-6-9-16(14-20)19-24(22,23)17-10-2-1-3-11-17/h1-4,7,10-11,15-16,19H,5-6,8-9,12-14H2/t15-,16-/m1/s1. The number of hydrogen-bond donors (Lipinski definition) is 1. The lowest BCUT2D eigenvalue weighted by atomic mass is 10.0. The third kappa shape index (κ3) is 4.24. The maximum atomic E-state index is 12.5. The first-order valence-corrected chi connectivity index (χ1v) is 10.0. The van der Waals surface area contributed by atoms with Crippen molar-refractivity contribution < 1.29 is 13.2 Å². The van der Waals surface area contributed by atoms with E-state index in [4.69, 9.17) is 0 Å². The van der Waals surface area contributed by atoms with E-state index in [-0.39, 0.29) is 16.8 Å². The summed E-state index contributed by atoms with van der Waals surface area (Å²) < 4.78 is 27.6. The Morgan fingerprint density at radius 2 is 2.00 bits per heavy atom. The molecule has 1 aromatic rings. The monoisotopic (exact) mass is 348 g/mol. The van der Waals surface area contributed by atoms with Crippen molar-refractivity contribution in [3.63, 3.8) is 0 Å². The number of likely N-dealkylation sites (tertiary alicyclic amines) is 1. The third-order valence-corrected chi connectivity index (χ3v) is 6.24. The first kappa shape index (κ1) is 17.2. The second kappa shape index (κ2) is 7.49. The van der Waals surface area contributed by atoms with Crippen molar-refractivity contribution >= 4 is 15.9 Å². The van der Waals surface area contributed by atoms with Crippen molar-refractivity contribution in [1.82, 2.24) is 9.62 Å². The largest absolute Gasteiger partial charge is 0.341 e. The Kier molecular flexibility index (Phi) is 5.36. The van der Waals surface area contributed by atoms with Crippen LogP contribution in [0.2, 0.25) is 0 Å². The summed E-state index contributed by atoms with van der Waals surface area (Å²) in [5, 5.41) is 0. The van der Waals surface area contributed by atoms with Gasteiger partial charge in [0, 0.05) is 25.6 Å². The minimum absolute atomic E-state index is 0.134. The van der Waals surface area contributed by atoms with Crippen molar-refractivity contribution in [2.75, 3.05) is 13.1 Å². The van der Waals surface area contributed by atoms with Crippen LogP contribution in [0.5, 0.6) is 0 Å². The number of nitrogens with zero attached hydrogens (tertiary/aromatic N) is 1. The number of amides is 1. The van der Waals surface area contributed by atoms with Gasteiger partial charge in [-0.05, 0) is 43.7 Å². The molecule has 2 aliphatic rings. The molecule has 0 radical (unpaired) electrons. The molecule has 1 N–H and O–H groups in total. The summed E-state index contributed by atoms with van der Waals surface area (Å²) in [6.07, 6.45) is 8.48. The Balaban J connectivity index is 1.59. The number of piperidine rings is 1. The molecule has 2 atom stereocenters. The van der Waals surface area contributed by atoms with E-state index in [0.29, 0.717) is 18.9 Å². The summed E-state index contributed by atoms with van der Waals surface area (Å²) in [7, 11) is -3.53. The molecular formula is C18H24N2O3S. The predicted molar refractivity (Wildman–Crippen MR) is 92.8 cm³/mol. The van der Waals surface area contributed by atoms with Gasteiger partial charge in [-0.15, -0.1) is 0 Å². The lowest BCUT2D eigenvalue weighted by molar-refractivity contribution is -0.133. The average Bonchev–Trinajstić information content (AvgIpc) is 3.08. The van der Waals surface area contributed by atoms with Gasteiger partial charge >= 0.3 is 0 Å². The van der Waals surface area contributed by atoms with Gasteiger partial charge < -0.3 is 4.90 Å². The van der Waals surface area contributed by atoms with E-state index in [0.717, 1.165) is 32.2 Å². The molecule has 1 fully saturated rings. The average molecular weight is 348 g/mol. The van der Waals surface area contributed by atoms with Crippen LogP contribution in [0, 0.1) is 5.92 Å². The summed E-state index contributed by atoms with van der Waals surface area (Å²) in [5.74, 6) is 0.481. The molecule has 1 aromatic carbocycles. The smallest absolute Gasteiger partial charge is 0.240 e. The highest BCUT2D eigenvalue weighted by Crippen LogP contribution is 2.22. The highest BCUT2D eigenvalue weighted by atomic mass is 32.2. The Bertz CT molecular complexity index is 700. The quantitative estimate of drug-likeness (QED) is 0.831. The van der Waals surface area contributed by atoms with Gasteiger partial charge in [0.25, 0.3) is 0 Å². The zero-order valence-electron chi connectivity index (χ0n) is 13.7. The maximum Gasteiger partial charge on any atom is 0.240 e. The SMILES string of the molecule is O=C(C[C@@H]1C=CCC1)N1CCC[C@@H](NS(=O)(=O)c2ccccc2)C1. The molecule has 1 aliphatic heterocycles. The molecule has 24 heavy (non-hydrogen) atoms. The third-order valence-electron chi connectivity index (χ3n) is 4.70. The zero-order valence-corrected chi connectivity index (χ0v) is 14.5. The van der Waals surface area contributed by atoms with Crippen LogP contribution in [0.3, 0.4) is 0 Å². The lowest BCUT2D eigenvalue weighted by Crippen LogP contribution is -2.49. The molecule has 1 heterocycles. The van der Waals surface area contributed by atoms with Crippen LogP contribution in [-0.2, 0) is 14.8 Å². The second-order valence-corrected chi connectivity index (χ2v) is 8.30. The minimum atomic E-state index is -3.53. The summed E-state index contributed by atoms with van der Waals surface area (Å²) >= 11 is 0. The topological polar surface area (TPSA) is 66.5 Å². The summed E-state index contributed by atoms with van der Waals surface area (Å²) in [6, 6.07) is 8.16. The van der Waals surface area contributed by atoms with Crippen molar-refractivity contribution in [3.8, 4) is 0 Å². The van der Waals surface area contributed by atoms with Gasteiger partial charge in [0.15, 0.2) is 0 Å². The van der Waals surface area contributed by atoms with Crippen LogP contribution in [0.15, 0.2) is 47.4 Å². The number of benzene rings is 1. The van der Waals surface area contributed by atoms with Gasteiger partial charge in [-0.1, -0.05) is 30.4 Å². The fourth-order valence-corrected chi connectivity index (χ4v) is 4.69. The second-order valence-electron chi connectivity index (χ2n) is 6.58. The molecule has 0 bridgehead atoms. The van der Waals surface area contributed by atoms with E-state index in [1.165, 1.54) is 0 Å². The Morgan fingerprint density at radius 3 is 2.71 bits per heavy atom. The first-order valence-electron chi connectivity index (χ1n) is 8.56. The number of carbonyl (C=O) groups is 1. The van der Waals surface area contributed by atoms with Gasteiger partial charge in [0.05, 0.1) is 4.90 Å². The van der Waals surface area contributed by atoms with Gasteiger partial charge in [0.1, 0.15) is 0 Å². The Labute approximate surface area is 143 Å². The van der Waals surface area contributed by atoms with E-state index in [2.05, 4.69) is 16.9 Å². The fraction of sp³-hybridized carbons (Fsp3) is 0.500. The lowest BCUT2D eigenvalue weighted by Gasteiger charge is -2.33. The maximum absolute atomic E-state index is 12.5. The first-order chi connectivity index (χ1) is 11.5. The summed E-state index contributed by atoms with van der Waals surface area (Å²) in [5.41, 5.74) is 0. The number of sulfonamides is 1. The van der Waals surface area contributed by atoms with Gasteiger partial charge in [0.2, 0.25) is 15.9 Å². The van der Waals surface area contributed by atoms with E-state index < -0.39 is 10.0 Å². The molecule has 1 amide bonds. The molecule has 0 aromatic heterocycles. The van der Waals surface area contributed by atoms with Crippen molar-refractivity contribution in [3.05, 3.63) is 42.5 Å². The van der Waals surface area contributed by atoms with Crippen molar-refractivity contribution in [1.29, 1.82) is 0 Å². The molecule has 130 valence electrons. The van der Waals surface area contributed by atoms with Crippen molar-refractivity contribution in [2.24, 2.45) is 5.92 Å². The normalized spacial score (nSPS) is 24.2. The minimum Gasteiger partial charge on any atom is -0.341 e. The van der Waals surface area contributed by atoms with Crippen LogP contribution in [0.25, 0.3) is 0 Å². The zero-order chi connectivity index (χ0) is 17.0. The molecular weight excluding hydrogens is 324 g/mol. The molecule has 3 rings (SSSR count). The fourth-order valence-electron chi connectivity index (χ4n) is 3.41. The van der Waals surface area contributed by atoms with Gasteiger partial charge in [-0.2, -0.15) is 0 Å². The molecule has 1 saturated heterocycles. The number of rotatable bonds is 5. The Morgan fingerprint density at radius 1 is 1.21 bits per heavy atom. The summed E-state index contributed by atoms with van der Waals surface area (Å²) in [6.45, 7) is 1.18.